The quantitative estimate of drug-likeness (QED) is 0.248. The first-order valence-corrected chi connectivity index (χ1v) is 11.9. The first-order chi connectivity index (χ1) is 17.1. The van der Waals surface area contributed by atoms with E-state index in [0.717, 1.165) is 35.6 Å². The summed E-state index contributed by atoms with van der Waals surface area (Å²) in [5, 5.41) is 1.77. The minimum atomic E-state index is -4.66. The summed E-state index contributed by atoms with van der Waals surface area (Å²) >= 11 is 1.07. The number of cyclic esters (lactones) is 1. The molecule has 2 heterocycles. The van der Waals surface area contributed by atoms with Crippen molar-refractivity contribution in [3.63, 3.8) is 0 Å². The van der Waals surface area contributed by atoms with Crippen LogP contribution < -0.4 is 0 Å². The number of carbonyl (C=O) groups is 2. The lowest BCUT2D eigenvalue weighted by Crippen LogP contribution is -2.31. The number of nitrogens with zero attached hydrogens (tertiary/aromatic N) is 2. The van der Waals surface area contributed by atoms with Crippen molar-refractivity contribution in [1.29, 1.82) is 0 Å². The maximum Gasteiger partial charge on any atom is 0.416 e. The van der Waals surface area contributed by atoms with Gasteiger partial charge in [-0.25, -0.2) is 9.78 Å². The minimum absolute atomic E-state index is 0.101. The molecule has 1 aliphatic heterocycles. The second-order valence-electron chi connectivity index (χ2n) is 8.77. The molecule has 0 N–H and O–H groups in total. The van der Waals surface area contributed by atoms with Crippen molar-refractivity contribution in [2.24, 2.45) is 0 Å². The number of halogens is 6. The van der Waals surface area contributed by atoms with Crippen molar-refractivity contribution >= 4 is 23.2 Å². The summed E-state index contributed by atoms with van der Waals surface area (Å²) in [6, 6.07) is 5.56. The highest BCUT2D eigenvalue weighted by molar-refractivity contribution is 7.13. The van der Waals surface area contributed by atoms with Crippen LogP contribution in [0.2, 0.25) is 0 Å². The van der Waals surface area contributed by atoms with Crippen LogP contribution in [0.3, 0.4) is 0 Å². The SMILES string of the molecule is CC(=O)c1csc(-c2ccc(C(F)(F)F)cc2CN2C(=O)O[C@H](c3cc(C)cc(C(F)(F)F)c3)[C@@H]2C)n1. The van der Waals surface area contributed by atoms with Crippen molar-refractivity contribution in [3.8, 4) is 10.6 Å². The second-order valence-corrected chi connectivity index (χ2v) is 9.62. The van der Waals surface area contributed by atoms with Crippen LogP contribution in [0.25, 0.3) is 10.6 Å². The average molecular weight is 543 g/mol. The van der Waals surface area contributed by atoms with E-state index in [1.54, 1.807) is 6.92 Å². The van der Waals surface area contributed by atoms with Gasteiger partial charge >= 0.3 is 18.4 Å². The van der Waals surface area contributed by atoms with Crippen LogP contribution in [-0.2, 0) is 23.6 Å². The molecular weight excluding hydrogens is 522 g/mol. The lowest BCUT2D eigenvalue weighted by atomic mass is 9.97. The normalized spacial score (nSPS) is 18.3. The number of hydrogen-bond acceptors (Lipinski definition) is 5. The summed E-state index contributed by atoms with van der Waals surface area (Å²) in [6.07, 6.45) is -11.2. The summed E-state index contributed by atoms with van der Waals surface area (Å²) in [6.45, 7) is 4.03. The summed E-state index contributed by atoms with van der Waals surface area (Å²) in [5.41, 5.74) is -0.843. The standard InChI is InChI=1S/C25H20F6N2O3S/c1-12-6-15(8-18(7-12)25(29,30)31)21-13(2)33(23(35)36-21)10-16-9-17(24(26,27)28)4-5-19(16)22-32-20(11-37-22)14(3)34/h4-9,11,13,21H,10H2,1-3H3/t13-,21-/m0/s1. The maximum absolute atomic E-state index is 13.5. The number of aromatic nitrogens is 1. The van der Waals surface area contributed by atoms with Crippen molar-refractivity contribution in [1.82, 2.24) is 9.88 Å². The fourth-order valence-electron chi connectivity index (χ4n) is 4.15. The summed E-state index contributed by atoms with van der Waals surface area (Å²) < 4.78 is 85.8. The van der Waals surface area contributed by atoms with Crippen molar-refractivity contribution in [2.45, 2.75) is 51.8 Å². The number of ketones is 1. The molecule has 37 heavy (non-hydrogen) atoms. The molecule has 0 spiro atoms. The molecule has 1 fully saturated rings. The van der Waals surface area contributed by atoms with Gasteiger partial charge in [-0.15, -0.1) is 11.3 Å². The number of amides is 1. The molecule has 2 atom stereocenters. The number of carbonyl (C=O) groups excluding carboxylic acids is 2. The Hall–Kier alpha value is -3.41. The van der Waals surface area contributed by atoms with Crippen LogP contribution in [0, 0.1) is 6.92 Å². The molecule has 196 valence electrons. The van der Waals surface area contributed by atoms with Gasteiger partial charge in [-0.1, -0.05) is 17.7 Å². The van der Waals surface area contributed by atoms with Gasteiger partial charge in [-0.3, -0.25) is 9.69 Å². The van der Waals surface area contributed by atoms with Crippen molar-refractivity contribution in [3.05, 3.63) is 75.3 Å². The molecule has 1 aliphatic rings. The molecule has 4 rings (SSSR count). The monoisotopic (exact) mass is 542 g/mol. The molecule has 5 nitrogen and oxygen atoms in total. The fourth-order valence-corrected chi connectivity index (χ4v) is 5.07. The van der Waals surface area contributed by atoms with Gasteiger partial charge in [0.15, 0.2) is 5.78 Å². The fraction of sp³-hybridized carbons (Fsp3) is 0.320. The van der Waals surface area contributed by atoms with E-state index in [1.165, 1.54) is 36.3 Å². The molecule has 0 radical (unpaired) electrons. The lowest BCUT2D eigenvalue weighted by molar-refractivity contribution is -0.138. The van der Waals surface area contributed by atoms with Crippen LogP contribution in [0.1, 0.15) is 58.3 Å². The molecule has 3 aromatic rings. The molecule has 1 amide bonds. The number of alkyl halides is 6. The van der Waals surface area contributed by atoms with Crippen molar-refractivity contribution in [2.75, 3.05) is 0 Å². The van der Waals surface area contributed by atoms with Gasteiger partial charge in [-0.2, -0.15) is 26.3 Å². The number of benzene rings is 2. The average Bonchev–Trinajstić information content (AvgIpc) is 3.38. The van der Waals surface area contributed by atoms with Gasteiger partial charge in [-0.05, 0) is 49.2 Å². The van der Waals surface area contributed by atoms with E-state index in [-0.39, 0.29) is 29.1 Å². The van der Waals surface area contributed by atoms with E-state index < -0.39 is 41.7 Å². The molecule has 2 aromatic carbocycles. The van der Waals surface area contributed by atoms with E-state index >= 15 is 0 Å². The van der Waals surface area contributed by atoms with Crippen molar-refractivity contribution < 1.29 is 40.7 Å². The minimum Gasteiger partial charge on any atom is -0.439 e. The number of hydrogen-bond donors (Lipinski definition) is 0. The Bertz CT molecular complexity index is 1370. The number of rotatable bonds is 5. The molecule has 0 aliphatic carbocycles. The molecule has 0 saturated carbocycles. The highest BCUT2D eigenvalue weighted by Gasteiger charge is 2.42. The predicted molar refractivity (Wildman–Crippen MR) is 123 cm³/mol. The smallest absolute Gasteiger partial charge is 0.416 e. The number of ether oxygens (including phenoxy) is 1. The Morgan fingerprint density at radius 2 is 1.73 bits per heavy atom. The molecular formula is C25H20F6N2O3S. The zero-order valence-electron chi connectivity index (χ0n) is 19.7. The van der Waals surface area contributed by atoms with Gasteiger partial charge in [0.2, 0.25) is 0 Å². The zero-order chi connectivity index (χ0) is 27.3. The molecule has 0 bridgehead atoms. The highest BCUT2D eigenvalue weighted by atomic mass is 32.1. The van der Waals surface area contributed by atoms with Crippen LogP contribution >= 0.6 is 11.3 Å². The first kappa shape index (κ1) is 26.6. The summed E-state index contributed by atoms with van der Waals surface area (Å²) in [4.78, 5) is 29.8. The topological polar surface area (TPSA) is 59.5 Å². The number of aryl methyl sites for hydroxylation is 1. The van der Waals surface area contributed by atoms with Gasteiger partial charge in [0.25, 0.3) is 0 Å². The Morgan fingerprint density at radius 1 is 1.05 bits per heavy atom. The Balaban J connectivity index is 1.71. The lowest BCUT2D eigenvalue weighted by Gasteiger charge is -2.23. The molecule has 1 aromatic heterocycles. The third-order valence-electron chi connectivity index (χ3n) is 6.02. The molecule has 1 saturated heterocycles. The Kier molecular flexibility index (Phi) is 6.82. The third kappa shape index (κ3) is 5.48. The van der Waals surface area contributed by atoms with E-state index in [1.807, 2.05) is 0 Å². The van der Waals surface area contributed by atoms with Gasteiger partial charge in [0, 0.05) is 17.9 Å². The molecule has 12 heteroatoms. The van der Waals surface area contributed by atoms with E-state index in [0.29, 0.717) is 16.1 Å². The van der Waals surface area contributed by atoms with E-state index in [4.69, 9.17) is 4.74 Å². The number of Topliss-reactive ketones (excluding diaryl/α,β-unsaturated/α-hetero) is 1. The Morgan fingerprint density at radius 3 is 2.32 bits per heavy atom. The van der Waals surface area contributed by atoms with E-state index in [9.17, 15) is 35.9 Å². The van der Waals surface area contributed by atoms with Gasteiger partial charge < -0.3 is 4.74 Å². The predicted octanol–water partition coefficient (Wildman–Crippen LogP) is 7.44. The zero-order valence-corrected chi connectivity index (χ0v) is 20.5. The molecule has 0 unspecified atom stereocenters. The number of thiazole rings is 1. The van der Waals surface area contributed by atoms with Crippen LogP contribution in [0.15, 0.2) is 41.8 Å². The highest BCUT2D eigenvalue weighted by Crippen LogP contribution is 2.40. The van der Waals surface area contributed by atoms with Gasteiger partial charge in [0.1, 0.15) is 16.8 Å². The second kappa shape index (κ2) is 9.47. The summed E-state index contributed by atoms with van der Waals surface area (Å²) in [7, 11) is 0. The van der Waals surface area contributed by atoms with Gasteiger partial charge in [0.05, 0.1) is 23.7 Å². The van der Waals surface area contributed by atoms with Crippen LogP contribution in [0.5, 0.6) is 0 Å². The van der Waals surface area contributed by atoms with E-state index in [2.05, 4.69) is 4.98 Å². The first-order valence-electron chi connectivity index (χ1n) is 11.0. The van der Waals surface area contributed by atoms with Crippen LogP contribution in [0.4, 0.5) is 31.1 Å². The van der Waals surface area contributed by atoms with Crippen LogP contribution in [-0.4, -0.2) is 27.8 Å². The maximum atomic E-state index is 13.5. The largest absolute Gasteiger partial charge is 0.439 e. The summed E-state index contributed by atoms with van der Waals surface area (Å²) in [5.74, 6) is -0.313. The Labute approximate surface area is 211 Å². The third-order valence-corrected chi connectivity index (χ3v) is 6.89.